The van der Waals surface area contributed by atoms with Crippen LogP contribution >= 0.6 is 0 Å². The number of nitrogens with zero attached hydrogens (tertiary/aromatic N) is 1. The molecule has 0 spiro atoms. The lowest BCUT2D eigenvalue weighted by atomic mass is 10.1. The highest BCUT2D eigenvalue weighted by atomic mass is 16.2. The van der Waals surface area contributed by atoms with Gasteiger partial charge in [-0.05, 0) is 12.8 Å². The van der Waals surface area contributed by atoms with Crippen molar-refractivity contribution in [2.45, 2.75) is 25.8 Å². The molecular weight excluding hydrogens is 196 g/mol. The van der Waals surface area contributed by atoms with Gasteiger partial charge >= 0.3 is 0 Å². The maximum absolute atomic E-state index is 11.5. The molecule has 1 rings (SSSR count). The highest BCUT2D eigenvalue weighted by Gasteiger charge is 2.26. The van der Waals surface area contributed by atoms with Gasteiger partial charge in [-0.3, -0.25) is 19.9 Å². The van der Waals surface area contributed by atoms with Crippen molar-refractivity contribution in [3.05, 3.63) is 0 Å². The monoisotopic (exact) mass is 214 g/mol. The molecule has 1 heterocycles. The van der Waals surface area contributed by atoms with Crippen LogP contribution in [0.1, 0.15) is 19.8 Å². The number of hydrogen-bond donors (Lipinski definition) is 3. The summed E-state index contributed by atoms with van der Waals surface area (Å²) >= 11 is 0. The molecule has 1 fully saturated rings. The normalized spacial score (nSPS) is 20.3. The molecule has 4 N–H and O–H groups in total. The molecule has 0 radical (unpaired) electrons. The van der Waals surface area contributed by atoms with Crippen molar-refractivity contribution in [1.82, 2.24) is 15.6 Å². The number of nitrogens with one attached hydrogen (secondary N) is 2. The number of hydrogen-bond acceptors (Lipinski definition) is 4. The van der Waals surface area contributed by atoms with E-state index < -0.39 is 0 Å². The molecule has 6 nitrogen and oxygen atoms in total. The van der Waals surface area contributed by atoms with E-state index in [4.69, 9.17) is 5.84 Å². The van der Waals surface area contributed by atoms with Crippen LogP contribution in [0.15, 0.2) is 0 Å². The molecule has 0 aromatic rings. The van der Waals surface area contributed by atoms with Crippen LogP contribution in [0.25, 0.3) is 0 Å². The fourth-order valence-corrected chi connectivity index (χ4v) is 1.80. The Kier molecular flexibility index (Phi) is 4.51. The van der Waals surface area contributed by atoms with Crippen LogP contribution in [0, 0.1) is 0 Å². The third-order valence-electron chi connectivity index (χ3n) is 2.56. The largest absolute Gasteiger partial charge is 0.355 e. The van der Waals surface area contributed by atoms with Crippen LogP contribution in [0.3, 0.4) is 0 Å². The van der Waals surface area contributed by atoms with Crippen LogP contribution in [-0.4, -0.2) is 42.4 Å². The molecule has 0 aliphatic carbocycles. The minimum atomic E-state index is -0.307. The maximum atomic E-state index is 11.5. The van der Waals surface area contributed by atoms with Crippen molar-refractivity contribution in [1.29, 1.82) is 0 Å². The number of hydrazine groups is 1. The van der Waals surface area contributed by atoms with Crippen molar-refractivity contribution < 1.29 is 9.59 Å². The van der Waals surface area contributed by atoms with Gasteiger partial charge in [0, 0.05) is 13.1 Å². The molecule has 1 unspecified atom stereocenters. The fourth-order valence-electron chi connectivity index (χ4n) is 1.80. The predicted molar refractivity (Wildman–Crippen MR) is 55.6 cm³/mol. The third kappa shape index (κ3) is 3.17. The molecule has 86 valence electrons. The molecule has 1 atom stereocenters. The zero-order chi connectivity index (χ0) is 11.3. The van der Waals surface area contributed by atoms with Gasteiger partial charge in [-0.1, -0.05) is 6.92 Å². The fraction of sp³-hybridized carbons (Fsp3) is 0.778. The van der Waals surface area contributed by atoms with Gasteiger partial charge in [0.1, 0.15) is 0 Å². The first-order valence-electron chi connectivity index (χ1n) is 5.20. The Labute approximate surface area is 89.1 Å². The van der Waals surface area contributed by atoms with E-state index in [-0.39, 0.29) is 24.4 Å². The lowest BCUT2D eigenvalue weighted by molar-refractivity contribution is -0.128. The summed E-state index contributed by atoms with van der Waals surface area (Å²) in [6.07, 6.45) is 1.51. The van der Waals surface area contributed by atoms with E-state index >= 15 is 0 Å². The summed E-state index contributed by atoms with van der Waals surface area (Å²) in [7, 11) is 0. The highest BCUT2D eigenvalue weighted by Crippen LogP contribution is 2.07. The van der Waals surface area contributed by atoms with Crippen LogP contribution in [0.5, 0.6) is 0 Å². The summed E-state index contributed by atoms with van der Waals surface area (Å²) in [4.78, 5) is 24.6. The number of amides is 2. The van der Waals surface area contributed by atoms with E-state index in [2.05, 4.69) is 10.7 Å². The average molecular weight is 214 g/mol. The molecule has 0 aromatic heterocycles. The molecule has 2 amide bonds. The Hall–Kier alpha value is -1.14. The second-order valence-electron chi connectivity index (χ2n) is 3.61. The predicted octanol–water partition coefficient (Wildman–Crippen LogP) is -1.42. The lowest BCUT2D eigenvalue weighted by Crippen LogP contribution is -2.50. The molecule has 0 saturated carbocycles. The summed E-state index contributed by atoms with van der Waals surface area (Å²) < 4.78 is 0. The Morgan fingerprint density at radius 1 is 1.73 bits per heavy atom. The van der Waals surface area contributed by atoms with E-state index in [1.165, 1.54) is 0 Å². The van der Waals surface area contributed by atoms with Crippen LogP contribution in [-0.2, 0) is 9.59 Å². The Balaban J connectivity index is 2.65. The second-order valence-corrected chi connectivity index (χ2v) is 3.61. The first kappa shape index (κ1) is 11.9. The van der Waals surface area contributed by atoms with E-state index in [0.29, 0.717) is 13.0 Å². The van der Waals surface area contributed by atoms with Crippen LogP contribution in [0.2, 0.25) is 0 Å². The van der Waals surface area contributed by atoms with Crippen molar-refractivity contribution in [2.24, 2.45) is 5.84 Å². The summed E-state index contributed by atoms with van der Waals surface area (Å²) in [5.41, 5.74) is 2.14. The maximum Gasteiger partial charge on any atom is 0.251 e. The molecule has 1 aliphatic heterocycles. The zero-order valence-electron chi connectivity index (χ0n) is 8.95. The number of carbonyl (C=O) groups is 2. The molecule has 15 heavy (non-hydrogen) atoms. The summed E-state index contributed by atoms with van der Waals surface area (Å²) in [6.45, 7) is 3.59. The minimum Gasteiger partial charge on any atom is -0.355 e. The number of carbonyl (C=O) groups excluding carboxylic acids is 2. The lowest BCUT2D eigenvalue weighted by Gasteiger charge is -2.26. The van der Waals surface area contributed by atoms with E-state index in [9.17, 15) is 9.59 Å². The van der Waals surface area contributed by atoms with Gasteiger partial charge in [0.2, 0.25) is 5.91 Å². The van der Waals surface area contributed by atoms with Crippen molar-refractivity contribution >= 4 is 11.8 Å². The van der Waals surface area contributed by atoms with Crippen molar-refractivity contribution in [3.63, 3.8) is 0 Å². The SMILES string of the molecule is CCC(C(=O)NN)N1CCCNC(=O)C1. The first-order valence-corrected chi connectivity index (χ1v) is 5.20. The standard InChI is InChI=1S/C9H18N4O2/c1-2-7(9(15)12-10)13-5-3-4-11-8(14)6-13/h7H,2-6,10H2,1H3,(H,11,14)(H,12,15). The van der Waals surface area contributed by atoms with Gasteiger partial charge in [0.15, 0.2) is 0 Å². The van der Waals surface area contributed by atoms with Gasteiger partial charge in [-0.2, -0.15) is 0 Å². The molecular formula is C9H18N4O2. The smallest absolute Gasteiger partial charge is 0.251 e. The third-order valence-corrected chi connectivity index (χ3v) is 2.56. The van der Waals surface area contributed by atoms with Crippen molar-refractivity contribution in [3.8, 4) is 0 Å². The van der Waals surface area contributed by atoms with Crippen LogP contribution < -0.4 is 16.6 Å². The molecule has 1 aliphatic rings. The zero-order valence-corrected chi connectivity index (χ0v) is 8.95. The molecule has 0 aromatic carbocycles. The Morgan fingerprint density at radius 3 is 3.07 bits per heavy atom. The van der Waals surface area contributed by atoms with Crippen LogP contribution in [0.4, 0.5) is 0 Å². The van der Waals surface area contributed by atoms with Gasteiger partial charge in [-0.15, -0.1) is 0 Å². The minimum absolute atomic E-state index is 0.0317. The second kappa shape index (κ2) is 5.67. The topological polar surface area (TPSA) is 87.5 Å². The average Bonchev–Trinajstić information content (AvgIpc) is 2.44. The molecule has 6 heteroatoms. The summed E-state index contributed by atoms with van der Waals surface area (Å²) in [5, 5.41) is 2.77. The molecule has 1 saturated heterocycles. The van der Waals surface area contributed by atoms with Gasteiger partial charge in [-0.25, -0.2) is 5.84 Å². The Morgan fingerprint density at radius 2 is 2.47 bits per heavy atom. The quantitative estimate of drug-likeness (QED) is 0.305. The van der Waals surface area contributed by atoms with Crippen molar-refractivity contribution in [2.75, 3.05) is 19.6 Å². The molecule has 0 bridgehead atoms. The highest BCUT2D eigenvalue weighted by molar-refractivity contribution is 5.83. The van der Waals surface area contributed by atoms with Gasteiger partial charge < -0.3 is 5.32 Å². The number of nitrogens with two attached hydrogens (primary N) is 1. The first-order chi connectivity index (χ1) is 7.19. The van der Waals surface area contributed by atoms with E-state index in [1.54, 1.807) is 0 Å². The Bertz CT molecular complexity index is 244. The van der Waals surface area contributed by atoms with Gasteiger partial charge in [0.05, 0.1) is 12.6 Å². The number of rotatable bonds is 3. The van der Waals surface area contributed by atoms with E-state index in [0.717, 1.165) is 13.0 Å². The summed E-state index contributed by atoms with van der Waals surface area (Å²) in [5.74, 6) is 4.84. The van der Waals surface area contributed by atoms with E-state index in [1.807, 2.05) is 11.8 Å². The van der Waals surface area contributed by atoms with Gasteiger partial charge in [0.25, 0.3) is 5.91 Å². The summed E-state index contributed by atoms with van der Waals surface area (Å²) in [6, 6.07) is -0.307.